The summed E-state index contributed by atoms with van der Waals surface area (Å²) in [7, 11) is 0. The van der Waals surface area contributed by atoms with E-state index >= 15 is 0 Å². The van der Waals surface area contributed by atoms with Crippen LogP contribution in [0.25, 0.3) is 22.4 Å². The van der Waals surface area contributed by atoms with E-state index in [1.807, 2.05) is 35.0 Å². The number of nitrogens with two attached hydrogens (primary N) is 1. The first-order valence-electron chi connectivity index (χ1n) is 9.53. The highest BCUT2D eigenvalue weighted by Crippen LogP contribution is 2.36. The van der Waals surface area contributed by atoms with E-state index in [1.165, 1.54) is 19.3 Å². The van der Waals surface area contributed by atoms with Crippen molar-refractivity contribution in [1.29, 1.82) is 5.26 Å². The topological polar surface area (TPSA) is 80.5 Å². The van der Waals surface area contributed by atoms with Crippen LogP contribution in [0.4, 0.5) is 0 Å². The normalized spacial score (nSPS) is 14.5. The highest BCUT2D eigenvalue weighted by atomic mass is 35.5. The van der Waals surface area contributed by atoms with Crippen molar-refractivity contribution in [3.8, 4) is 28.5 Å². The third kappa shape index (κ3) is 4.30. The van der Waals surface area contributed by atoms with E-state index in [4.69, 9.17) is 22.4 Å². The Morgan fingerprint density at radius 1 is 1.21 bits per heavy atom. The smallest absolute Gasteiger partial charge is 0.100 e. The van der Waals surface area contributed by atoms with Crippen LogP contribution in [0.1, 0.15) is 30.5 Å². The van der Waals surface area contributed by atoms with Gasteiger partial charge in [0.2, 0.25) is 0 Å². The lowest BCUT2D eigenvalue weighted by Crippen LogP contribution is -2.38. The Morgan fingerprint density at radius 3 is 2.59 bits per heavy atom. The molecule has 4 rings (SSSR count). The molecule has 2 aromatic heterocycles. The molecule has 0 saturated heterocycles. The number of hydrogen-bond acceptors (Lipinski definition) is 4. The van der Waals surface area contributed by atoms with Crippen molar-refractivity contribution < 1.29 is 0 Å². The molecule has 7 heteroatoms. The molecule has 1 aliphatic rings. The molecule has 29 heavy (non-hydrogen) atoms. The van der Waals surface area contributed by atoms with E-state index < -0.39 is 0 Å². The fourth-order valence-corrected chi connectivity index (χ4v) is 4.03. The summed E-state index contributed by atoms with van der Waals surface area (Å²) in [5.74, 6) is 0.891. The van der Waals surface area contributed by atoms with Crippen molar-refractivity contribution in [3.63, 3.8) is 0 Å². The van der Waals surface area contributed by atoms with Gasteiger partial charge in [-0.25, -0.2) is 0 Å². The van der Waals surface area contributed by atoms with Crippen molar-refractivity contribution in [3.05, 3.63) is 60.0 Å². The van der Waals surface area contributed by atoms with E-state index in [-0.39, 0.29) is 18.4 Å². The second-order valence-electron chi connectivity index (χ2n) is 7.27. The molecule has 0 unspecified atom stereocenters. The van der Waals surface area contributed by atoms with Gasteiger partial charge in [-0.1, -0.05) is 18.6 Å². The predicted molar refractivity (Wildman–Crippen MR) is 118 cm³/mol. The summed E-state index contributed by atoms with van der Waals surface area (Å²) in [6, 6.07) is 13.7. The first kappa shape index (κ1) is 21.3. The third-order valence-electron chi connectivity index (χ3n) is 5.56. The monoisotopic (exact) mass is 427 g/mol. The van der Waals surface area contributed by atoms with Crippen LogP contribution in [-0.2, 0) is 12.4 Å². The van der Waals surface area contributed by atoms with Crippen molar-refractivity contribution in [2.24, 2.45) is 11.7 Å². The Hall–Kier alpha value is -2.39. The van der Waals surface area contributed by atoms with Gasteiger partial charge in [-0.05, 0) is 48.6 Å². The fourth-order valence-electron chi connectivity index (χ4n) is 3.76. The molecular formula is C22H23Cl2N5. The summed E-state index contributed by atoms with van der Waals surface area (Å²) in [4.78, 5) is 4.13. The lowest BCUT2D eigenvalue weighted by molar-refractivity contribution is 0.239. The molecular weight excluding hydrogens is 405 g/mol. The fraction of sp³-hybridized carbons (Fsp3) is 0.318. The maximum absolute atomic E-state index is 9.29. The number of benzene rings is 1. The first-order chi connectivity index (χ1) is 13.7. The molecule has 0 amide bonds. The molecule has 0 bridgehead atoms. The number of nitriles is 1. The van der Waals surface area contributed by atoms with Crippen molar-refractivity contribution in [2.75, 3.05) is 0 Å². The largest absolute Gasteiger partial charge is 0.326 e. The Kier molecular flexibility index (Phi) is 6.92. The van der Waals surface area contributed by atoms with Crippen LogP contribution in [0.5, 0.6) is 0 Å². The van der Waals surface area contributed by atoms with Crippen LogP contribution in [0.2, 0.25) is 0 Å². The van der Waals surface area contributed by atoms with E-state index in [0.29, 0.717) is 23.9 Å². The number of alkyl halides is 1. The Labute approximate surface area is 181 Å². The van der Waals surface area contributed by atoms with Crippen molar-refractivity contribution in [1.82, 2.24) is 14.8 Å². The molecule has 1 atom stereocenters. The lowest BCUT2D eigenvalue weighted by atomic mass is 9.80. The molecule has 1 aliphatic carbocycles. The van der Waals surface area contributed by atoms with Crippen LogP contribution >= 0.6 is 24.0 Å². The molecule has 2 N–H and O–H groups in total. The van der Waals surface area contributed by atoms with E-state index in [0.717, 1.165) is 28.1 Å². The molecule has 0 aliphatic heterocycles. The molecule has 1 saturated carbocycles. The number of rotatable bonds is 6. The van der Waals surface area contributed by atoms with Gasteiger partial charge in [-0.3, -0.25) is 9.67 Å². The Bertz CT molecular complexity index is 1010. The van der Waals surface area contributed by atoms with Crippen LogP contribution < -0.4 is 5.73 Å². The predicted octanol–water partition coefficient (Wildman–Crippen LogP) is 4.77. The number of hydrogen-bond donors (Lipinski definition) is 1. The van der Waals surface area contributed by atoms with Gasteiger partial charge >= 0.3 is 0 Å². The number of halogens is 2. The molecule has 1 fully saturated rings. The average molecular weight is 428 g/mol. The van der Waals surface area contributed by atoms with Gasteiger partial charge < -0.3 is 5.73 Å². The highest BCUT2D eigenvalue weighted by molar-refractivity contribution is 6.17. The first-order valence-corrected chi connectivity index (χ1v) is 10.1. The highest BCUT2D eigenvalue weighted by Gasteiger charge is 2.27. The molecule has 150 valence electrons. The Balaban J connectivity index is 0.00000240. The summed E-state index contributed by atoms with van der Waals surface area (Å²) >= 11 is 6.39. The number of nitrogens with zero attached hydrogens (tertiary/aromatic N) is 4. The standard InChI is InChI=1S/C22H22ClN5.ClH/c23-12-20-21(17-7-9-26-10-8-17)22(18-6-1-3-15(11-18)13-24)27-28(20)14-19(25)16-4-2-5-16;/h1,3,6-11,16,19H,2,4-5,12,14,25H2;1H/t19-;/m0./s1. The summed E-state index contributed by atoms with van der Waals surface area (Å²) in [6.45, 7) is 0.642. The summed E-state index contributed by atoms with van der Waals surface area (Å²) in [5.41, 5.74) is 11.7. The van der Waals surface area contributed by atoms with Crippen LogP contribution in [0.15, 0.2) is 48.8 Å². The molecule has 1 aromatic carbocycles. The van der Waals surface area contributed by atoms with Gasteiger partial charge in [0.15, 0.2) is 0 Å². The summed E-state index contributed by atoms with van der Waals surface area (Å²) < 4.78 is 1.96. The molecule has 5 nitrogen and oxygen atoms in total. The maximum Gasteiger partial charge on any atom is 0.100 e. The molecule has 0 radical (unpaired) electrons. The van der Waals surface area contributed by atoms with Crippen LogP contribution in [0, 0.1) is 17.2 Å². The zero-order valence-electron chi connectivity index (χ0n) is 16.0. The molecule has 0 spiro atoms. The van der Waals surface area contributed by atoms with Crippen LogP contribution in [0.3, 0.4) is 0 Å². The molecule has 3 aromatic rings. The van der Waals surface area contributed by atoms with Gasteiger partial charge in [-0.2, -0.15) is 10.4 Å². The number of pyridine rings is 1. The van der Waals surface area contributed by atoms with Crippen molar-refractivity contribution >= 4 is 24.0 Å². The quantitative estimate of drug-likeness (QED) is 0.574. The van der Waals surface area contributed by atoms with Gasteiger partial charge in [0.1, 0.15) is 5.69 Å². The lowest BCUT2D eigenvalue weighted by Gasteiger charge is -2.31. The average Bonchev–Trinajstić information content (AvgIpc) is 3.05. The van der Waals surface area contributed by atoms with E-state index in [9.17, 15) is 5.26 Å². The van der Waals surface area contributed by atoms with Gasteiger partial charge in [-0.15, -0.1) is 24.0 Å². The van der Waals surface area contributed by atoms with Crippen molar-refractivity contribution in [2.45, 2.75) is 37.7 Å². The second kappa shape index (κ2) is 9.41. The van der Waals surface area contributed by atoms with Gasteiger partial charge in [0.25, 0.3) is 0 Å². The van der Waals surface area contributed by atoms with Gasteiger partial charge in [0.05, 0.1) is 29.8 Å². The zero-order chi connectivity index (χ0) is 19.5. The van der Waals surface area contributed by atoms with E-state index in [1.54, 1.807) is 18.5 Å². The minimum atomic E-state index is 0. The summed E-state index contributed by atoms with van der Waals surface area (Å²) in [5, 5.41) is 14.2. The van der Waals surface area contributed by atoms with Crippen LogP contribution in [-0.4, -0.2) is 20.8 Å². The van der Waals surface area contributed by atoms with E-state index in [2.05, 4.69) is 11.1 Å². The maximum atomic E-state index is 9.29. The molecule has 2 heterocycles. The minimum absolute atomic E-state index is 0. The number of aromatic nitrogens is 3. The minimum Gasteiger partial charge on any atom is -0.326 e. The van der Waals surface area contributed by atoms with Gasteiger partial charge in [0, 0.05) is 29.6 Å². The SMILES string of the molecule is Cl.N#Cc1cccc(-c2nn(C[C@H](N)C3CCC3)c(CCl)c2-c2ccncc2)c1. The Morgan fingerprint density at radius 2 is 1.97 bits per heavy atom. The second-order valence-corrected chi connectivity index (χ2v) is 7.54. The zero-order valence-corrected chi connectivity index (χ0v) is 17.5. The third-order valence-corrected chi connectivity index (χ3v) is 5.81. The summed E-state index contributed by atoms with van der Waals surface area (Å²) in [6.07, 6.45) is 7.16.